The average molecular weight is 223 g/mol. The normalized spacial score (nSPS) is 10.9. The van der Waals surface area contributed by atoms with Gasteiger partial charge < -0.3 is 0 Å². The highest BCUT2D eigenvalue weighted by Crippen LogP contribution is 2.10. The van der Waals surface area contributed by atoms with Crippen molar-refractivity contribution in [2.75, 3.05) is 0 Å². The smallest absolute Gasteiger partial charge is 0.0856 e. The molecule has 0 amide bonds. The molecule has 0 aliphatic heterocycles. The lowest BCUT2D eigenvalue weighted by molar-refractivity contribution is 0.527. The molecule has 0 atom stereocenters. The summed E-state index contributed by atoms with van der Waals surface area (Å²) >= 11 is 0. The third-order valence-corrected chi connectivity index (χ3v) is 3.07. The van der Waals surface area contributed by atoms with Crippen LogP contribution in [0.2, 0.25) is 0 Å². The summed E-state index contributed by atoms with van der Waals surface area (Å²) in [4.78, 5) is 0. The van der Waals surface area contributed by atoms with Crippen LogP contribution in [0, 0.1) is 6.92 Å². The Labute approximate surface area is 99.2 Å². The van der Waals surface area contributed by atoms with Gasteiger partial charge in [-0.15, -0.1) is 5.10 Å². The standard InChI is InChI=1S/C13H25N3/c1-4-6-8-10-13-12(3)16(15-14-13)11-9-7-5-2/h4-11H2,1-3H3. The van der Waals surface area contributed by atoms with Gasteiger partial charge in [-0.05, 0) is 26.2 Å². The van der Waals surface area contributed by atoms with Crippen molar-refractivity contribution in [2.45, 2.75) is 72.3 Å². The molecule has 1 aromatic rings. The predicted octanol–water partition coefficient (Wildman–Crippen LogP) is 3.51. The van der Waals surface area contributed by atoms with Crippen molar-refractivity contribution in [3.05, 3.63) is 11.4 Å². The molecule has 0 aromatic carbocycles. The molecule has 0 aliphatic carbocycles. The fourth-order valence-corrected chi connectivity index (χ4v) is 1.89. The van der Waals surface area contributed by atoms with E-state index < -0.39 is 0 Å². The summed E-state index contributed by atoms with van der Waals surface area (Å²) in [5.74, 6) is 0. The highest BCUT2D eigenvalue weighted by atomic mass is 15.4. The van der Waals surface area contributed by atoms with Gasteiger partial charge in [0.2, 0.25) is 0 Å². The first kappa shape index (κ1) is 13.2. The molecule has 0 radical (unpaired) electrons. The number of aryl methyl sites for hydroxylation is 2. The number of unbranched alkanes of at least 4 members (excludes halogenated alkanes) is 4. The zero-order valence-electron chi connectivity index (χ0n) is 11.0. The molecule has 92 valence electrons. The van der Waals surface area contributed by atoms with E-state index in [1.54, 1.807) is 0 Å². The minimum absolute atomic E-state index is 1.03. The fraction of sp³-hybridized carbons (Fsp3) is 0.846. The van der Waals surface area contributed by atoms with Gasteiger partial charge in [-0.25, -0.2) is 4.68 Å². The molecule has 0 bridgehead atoms. The third-order valence-electron chi connectivity index (χ3n) is 3.07. The monoisotopic (exact) mass is 223 g/mol. The van der Waals surface area contributed by atoms with Gasteiger partial charge in [0.15, 0.2) is 0 Å². The summed E-state index contributed by atoms with van der Waals surface area (Å²) in [5, 5.41) is 8.51. The van der Waals surface area contributed by atoms with Gasteiger partial charge in [-0.3, -0.25) is 0 Å². The molecule has 0 unspecified atom stereocenters. The largest absolute Gasteiger partial charge is 0.249 e. The quantitative estimate of drug-likeness (QED) is 0.631. The van der Waals surface area contributed by atoms with E-state index in [-0.39, 0.29) is 0 Å². The fourth-order valence-electron chi connectivity index (χ4n) is 1.89. The van der Waals surface area contributed by atoms with E-state index in [0.717, 1.165) is 13.0 Å². The Balaban J connectivity index is 2.41. The Morgan fingerprint density at radius 2 is 1.69 bits per heavy atom. The van der Waals surface area contributed by atoms with E-state index in [4.69, 9.17) is 0 Å². The highest BCUT2D eigenvalue weighted by Gasteiger charge is 2.07. The lowest BCUT2D eigenvalue weighted by Crippen LogP contribution is -2.03. The van der Waals surface area contributed by atoms with Gasteiger partial charge in [-0.2, -0.15) is 0 Å². The van der Waals surface area contributed by atoms with Crippen LogP contribution in [0.3, 0.4) is 0 Å². The summed E-state index contributed by atoms with van der Waals surface area (Å²) in [7, 11) is 0. The van der Waals surface area contributed by atoms with Crippen molar-refractivity contribution >= 4 is 0 Å². The van der Waals surface area contributed by atoms with Crippen LogP contribution < -0.4 is 0 Å². The summed E-state index contributed by atoms with van der Waals surface area (Å²) in [6.45, 7) is 7.63. The van der Waals surface area contributed by atoms with Crippen LogP contribution in [0.1, 0.15) is 63.8 Å². The summed E-state index contributed by atoms with van der Waals surface area (Å²) in [6.07, 6.45) is 8.65. The molecule has 1 heterocycles. The van der Waals surface area contributed by atoms with E-state index in [1.807, 2.05) is 0 Å². The first-order valence-electron chi connectivity index (χ1n) is 6.68. The van der Waals surface area contributed by atoms with Crippen LogP contribution in [-0.2, 0) is 13.0 Å². The number of nitrogens with zero attached hydrogens (tertiary/aromatic N) is 3. The van der Waals surface area contributed by atoms with Gasteiger partial charge in [0, 0.05) is 6.54 Å². The maximum Gasteiger partial charge on any atom is 0.0856 e. The number of hydrogen-bond donors (Lipinski definition) is 0. The number of hydrogen-bond acceptors (Lipinski definition) is 2. The Kier molecular flexibility index (Phi) is 6.12. The van der Waals surface area contributed by atoms with E-state index in [0.29, 0.717) is 0 Å². The summed E-state index contributed by atoms with van der Waals surface area (Å²) < 4.78 is 2.07. The lowest BCUT2D eigenvalue weighted by atomic mass is 10.1. The molecule has 1 aromatic heterocycles. The molecular formula is C13H25N3. The van der Waals surface area contributed by atoms with Crippen LogP contribution in [0.4, 0.5) is 0 Å². The van der Waals surface area contributed by atoms with Gasteiger partial charge in [0.05, 0.1) is 11.4 Å². The molecular weight excluding hydrogens is 198 g/mol. The Morgan fingerprint density at radius 1 is 1.00 bits per heavy atom. The van der Waals surface area contributed by atoms with Crippen LogP contribution in [0.15, 0.2) is 0 Å². The molecule has 3 nitrogen and oxygen atoms in total. The minimum atomic E-state index is 1.03. The van der Waals surface area contributed by atoms with Crippen molar-refractivity contribution in [2.24, 2.45) is 0 Å². The second kappa shape index (κ2) is 7.42. The van der Waals surface area contributed by atoms with Crippen LogP contribution in [0.5, 0.6) is 0 Å². The van der Waals surface area contributed by atoms with Gasteiger partial charge in [-0.1, -0.05) is 44.7 Å². The SMILES string of the molecule is CCCCCc1nnn(CCCCC)c1C. The number of aromatic nitrogens is 3. The van der Waals surface area contributed by atoms with Crippen LogP contribution in [0.25, 0.3) is 0 Å². The van der Waals surface area contributed by atoms with Crippen LogP contribution >= 0.6 is 0 Å². The maximum absolute atomic E-state index is 4.28. The molecule has 0 saturated heterocycles. The maximum atomic E-state index is 4.28. The Bertz CT molecular complexity index is 264. The molecule has 3 heteroatoms. The highest BCUT2D eigenvalue weighted by molar-refractivity contribution is 5.07. The Hall–Kier alpha value is -0.860. The predicted molar refractivity (Wildman–Crippen MR) is 67.5 cm³/mol. The molecule has 0 aliphatic rings. The summed E-state index contributed by atoms with van der Waals surface area (Å²) in [6, 6.07) is 0. The molecule has 0 N–H and O–H groups in total. The van der Waals surface area contributed by atoms with Gasteiger partial charge in [0.25, 0.3) is 0 Å². The minimum Gasteiger partial charge on any atom is -0.249 e. The number of rotatable bonds is 8. The Morgan fingerprint density at radius 3 is 2.38 bits per heavy atom. The lowest BCUT2D eigenvalue weighted by Gasteiger charge is -2.02. The van der Waals surface area contributed by atoms with Gasteiger partial charge in [0.1, 0.15) is 0 Å². The van der Waals surface area contributed by atoms with E-state index in [9.17, 15) is 0 Å². The molecule has 0 spiro atoms. The average Bonchev–Trinajstić information content (AvgIpc) is 2.62. The molecule has 0 fully saturated rings. The van der Waals surface area contributed by atoms with E-state index in [2.05, 4.69) is 35.8 Å². The van der Waals surface area contributed by atoms with Gasteiger partial charge >= 0.3 is 0 Å². The second-order valence-electron chi connectivity index (χ2n) is 4.51. The zero-order chi connectivity index (χ0) is 11.8. The third kappa shape index (κ3) is 3.95. The molecule has 16 heavy (non-hydrogen) atoms. The van der Waals surface area contributed by atoms with Crippen molar-refractivity contribution < 1.29 is 0 Å². The van der Waals surface area contributed by atoms with Crippen molar-refractivity contribution in [3.8, 4) is 0 Å². The van der Waals surface area contributed by atoms with E-state index in [1.165, 1.54) is 49.9 Å². The first-order chi connectivity index (χ1) is 7.79. The van der Waals surface area contributed by atoms with Crippen LogP contribution in [-0.4, -0.2) is 15.0 Å². The topological polar surface area (TPSA) is 30.7 Å². The first-order valence-corrected chi connectivity index (χ1v) is 6.68. The summed E-state index contributed by atoms with van der Waals surface area (Å²) in [5.41, 5.74) is 2.47. The molecule has 0 saturated carbocycles. The van der Waals surface area contributed by atoms with E-state index >= 15 is 0 Å². The van der Waals surface area contributed by atoms with Crippen molar-refractivity contribution in [1.82, 2.24) is 15.0 Å². The van der Waals surface area contributed by atoms with Crippen molar-refractivity contribution in [1.29, 1.82) is 0 Å². The van der Waals surface area contributed by atoms with Crippen molar-refractivity contribution in [3.63, 3.8) is 0 Å². The zero-order valence-corrected chi connectivity index (χ0v) is 11.0. The second-order valence-corrected chi connectivity index (χ2v) is 4.51. The molecule has 1 rings (SSSR count).